The Balaban J connectivity index is 1.53. The van der Waals surface area contributed by atoms with Gasteiger partial charge in [0.25, 0.3) is 11.8 Å². The van der Waals surface area contributed by atoms with Crippen LogP contribution in [0, 0.1) is 0 Å². The third kappa shape index (κ3) is 5.11. The minimum absolute atomic E-state index is 0.0661. The Morgan fingerprint density at radius 1 is 1.17 bits per heavy atom. The minimum atomic E-state index is -3.65. The predicted octanol–water partition coefficient (Wildman–Crippen LogP) is 3.18. The van der Waals surface area contributed by atoms with E-state index in [1.54, 1.807) is 11.8 Å². The van der Waals surface area contributed by atoms with E-state index in [1.807, 2.05) is 6.92 Å². The molecular weight excluding hydrogens is 504 g/mol. The molecule has 1 fully saturated rings. The highest BCUT2D eigenvalue weighted by atomic mass is 32.2. The van der Waals surface area contributed by atoms with Crippen molar-refractivity contribution < 1.29 is 27.5 Å². The van der Waals surface area contributed by atoms with Gasteiger partial charge in [-0.1, -0.05) is 6.42 Å². The van der Waals surface area contributed by atoms with E-state index in [2.05, 4.69) is 5.32 Å². The number of rotatable bonds is 6. The summed E-state index contributed by atoms with van der Waals surface area (Å²) in [5.41, 5.74) is 6.84. The molecule has 2 aliphatic heterocycles. The molecule has 194 valence electrons. The number of thiophene rings is 1. The summed E-state index contributed by atoms with van der Waals surface area (Å²) < 4.78 is 32.7. The topological polar surface area (TPSA) is 139 Å². The summed E-state index contributed by atoms with van der Waals surface area (Å²) in [6.07, 6.45) is 2.64. The molecule has 36 heavy (non-hydrogen) atoms. The number of nitrogens with one attached hydrogen (secondary N) is 1. The number of piperidine rings is 1. The van der Waals surface area contributed by atoms with Crippen molar-refractivity contribution in [3.05, 3.63) is 45.8 Å². The fraction of sp³-hybridized carbons (Fsp3) is 0.458. The molecule has 2 aromatic rings. The summed E-state index contributed by atoms with van der Waals surface area (Å²) in [7, 11) is -3.65. The van der Waals surface area contributed by atoms with Crippen molar-refractivity contribution >= 4 is 44.3 Å². The van der Waals surface area contributed by atoms with Crippen LogP contribution in [0.3, 0.4) is 0 Å². The molecule has 4 rings (SSSR count). The fourth-order valence-electron chi connectivity index (χ4n) is 4.64. The maximum atomic E-state index is 13.1. The zero-order valence-electron chi connectivity index (χ0n) is 20.3. The molecular formula is C24H30N4O6S2. The largest absolute Gasteiger partial charge is 0.450 e. The number of sulfonamides is 1. The van der Waals surface area contributed by atoms with E-state index in [1.165, 1.54) is 39.9 Å². The number of carbonyl (C=O) groups is 3. The molecule has 1 unspecified atom stereocenters. The Bertz CT molecular complexity index is 1270. The van der Waals surface area contributed by atoms with Gasteiger partial charge in [0.05, 0.1) is 23.6 Å². The van der Waals surface area contributed by atoms with Crippen LogP contribution in [-0.4, -0.2) is 61.3 Å². The Kier molecular flexibility index (Phi) is 7.67. The lowest BCUT2D eigenvalue weighted by atomic mass is 10.0. The molecule has 2 aliphatic rings. The number of nitrogens with zero attached hydrogens (tertiary/aromatic N) is 2. The lowest BCUT2D eigenvalue weighted by Gasteiger charge is -2.32. The van der Waals surface area contributed by atoms with Gasteiger partial charge in [-0.2, -0.15) is 4.31 Å². The monoisotopic (exact) mass is 534 g/mol. The van der Waals surface area contributed by atoms with E-state index in [4.69, 9.17) is 10.5 Å². The number of fused-ring (bicyclic) bond motifs is 1. The summed E-state index contributed by atoms with van der Waals surface area (Å²) in [6.45, 7) is 5.02. The number of amides is 3. The number of carbonyl (C=O) groups excluding carboxylic acids is 3. The van der Waals surface area contributed by atoms with Gasteiger partial charge in [0, 0.05) is 29.6 Å². The maximum Gasteiger partial charge on any atom is 0.410 e. The molecule has 0 saturated carbocycles. The summed E-state index contributed by atoms with van der Waals surface area (Å²) in [5.74, 6) is -1.15. The molecule has 3 amide bonds. The van der Waals surface area contributed by atoms with Gasteiger partial charge < -0.3 is 20.7 Å². The van der Waals surface area contributed by atoms with E-state index < -0.39 is 27.9 Å². The zero-order valence-corrected chi connectivity index (χ0v) is 21.9. The molecule has 12 heteroatoms. The third-order valence-electron chi connectivity index (χ3n) is 6.52. The molecule has 0 aliphatic carbocycles. The lowest BCUT2D eigenvalue weighted by Crippen LogP contribution is -2.41. The van der Waals surface area contributed by atoms with Crippen LogP contribution in [-0.2, 0) is 27.7 Å². The van der Waals surface area contributed by atoms with E-state index in [0.29, 0.717) is 24.5 Å². The quantitative estimate of drug-likeness (QED) is 0.584. The molecule has 0 spiro atoms. The molecule has 0 bridgehead atoms. The first kappa shape index (κ1) is 26.1. The number of anilines is 1. The van der Waals surface area contributed by atoms with Crippen molar-refractivity contribution in [2.75, 3.05) is 25.0 Å². The van der Waals surface area contributed by atoms with Crippen molar-refractivity contribution in [1.29, 1.82) is 0 Å². The van der Waals surface area contributed by atoms with E-state index in [9.17, 15) is 22.8 Å². The van der Waals surface area contributed by atoms with Crippen LogP contribution in [0.25, 0.3) is 0 Å². The van der Waals surface area contributed by atoms with Gasteiger partial charge in [0.15, 0.2) is 0 Å². The van der Waals surface area contributed by atoms with Crippen LogP contribution in [0.1, 0.15) is 64.3 Å². The molecule has 1 aromatic carbocycles. The number of benzene rings is 1. The van der Waals surface area contributed by atoms with Crippen LogP contribution < -0.4 is 11.1 Å². The number of hydrogen-bond acceptors (Lipinski definition) is 7. The van der Waals surface area contributed by atoms with Gasteiger partial charge in [-0.05, 0) is 62.9 Å². The number of primary amides is 1. The normalized spacial score (nSPS) is 18.4. The highest BCUT2D eigenvalue weighted by molar-refractivity contribution is 7.89. The molecule has 1 atom stereocenters. The second-order valence-electron chi connectivity index (χ2n) is 8.88. The van der Waals surface area contributed by atoms with Crippen LogP contribution in [0.15, 0.2) is 29.2 Å². The number of hydrogen-bond donors (Lipinski definition) is 2. The molecule has 10 nitrogen and oxygen atoms in total. The minimum Gasteiger partial charge on any atom is -0.450 e. The summed E-state index contributed by atoms with van der Waals surface area (Å²) in [6, 6.07) is 5.70. The van der Waals surface area contributed by atoms with Gasteiger partial charge >= 0.3 is 6.09 Å². The maximum absolute atomic E-state index is 13.1. The second kappa shape index (κ2) is 10.6. The zero-order chi connectivity index (χ0) is 26.0. The molecule has 1 saturated heterocycles. The first-order chi connectivity index (χ1) is 17.1. The third-order valence-corrected chi connectivity index (χ3v) is 9.68. The summed E-state index contributed by atoms with van der Waals surface area (Å²) >= 11 is 1.19. The fourth-order valence-corrected chi connectivity index (χ4v) is 7.60. The SMILES string of the molecule is CCOC(=O)N1CCc2c(sc(NC(=O)c3ccc(S(=O)(=O)N4CCCCC4C)cc3)c2C(N)=O)C1. The Hall–Kier alpha value is -2.96. The molecule has 3 heterocycles. The first-order valence-corrected chi connectivity index (χ1v) is 14.2. The second-order valence-corrected chi connectivity index (χ2v) is 11.9. The van der Waals surface area contributed by atoms with Crippen molar-refractivity contribution in [1.82, 2.24) is 9.21 Å². The van der Waals surface area contributed by atoms with E-state index in [-0.39, 0.29) is 35.2 Å². The van der Waals surface area contributed by atoms with E-state index in [0.717, 1.165) is 29.7 Å². The summed E-state index contributed by atoms with van der Waals surface area (Å²) in [4.78, 5) is 39.7. The average Bonchev–Trinajstić information content (AvgIpc) is 3.21. The highest BCUT2D eigenvalue weighted by Gasteiger charge is 2.32. The van der Waals surface area contributed by atoms with E-state index >= 15 is 0 Å². The van der Waals surface area contributed by atoms with Crippen molar-refractivity contribution in [2.24, 2.45) is 5.73 Å². The number of ether oxygens (including phenoxy) is 1. The highest BCUT2D eigenvalue weighted by Crippen LogP contribution is 2.37. The van der Waals surface area contributed by atoms with Gasteiger partial charge in [-0.25, -0.2) is 13.2 Å². The number of nitrogens with two attached hydrogens (primary N) is 1. The van der Waals surface area contributed by atoms with Crippen molar-refractivity contribution in [2.45, 2.75) is 57.0 Å². The average molecular weight is 535 g/mol. The molecule has 1 aromatic heterocycles. The Morgan fingerprint density at radius 3 is 2.53 bits per heavy atom. The van der Waals surface area contributed by atoms with Crippen LogP contribution in [0.2, 0.25) is 0 Å². The van der Waals surface area contributed by atoms with Crippen LogP contribution in [0.5, 0.6) is 0 Å². The molecule has 0 radical (unpaired) electrons. The van der Waals surface area contributed by atoms with Gasteiger partial charge in [-0.15, -0.1) is 11.3 Å². The smallest absolute Gasteiger partial charge is 0.410 e. The van der Waals surface area contributed by atoms with Gasteiger partial charge in [-0.3, -0.25) is 9.59 Å². The van der Waals surface area contributed by atoms with Crippen LogP contribution in [0.4, 0.5) is 9.80 Å². The molecule has 3 N–H and O–H groups in total. The Morgan fingerprint density at radius 2 is 1.89 bits per heavy atom. The first-order valence-electron chi connectivity index (χ1n) is 11.9. The van der Waals surface area contributed by atoms with Gasteiger partial charge in [0.2, 0.25) is 10.0 Å². The van der Waals surface area contributed by atoms with Gasteiger partial charge in [0.1, 0.15) is 5.00 Å². The summed E-state index contributed by atoms with van der Waals surface area (Å²) in [5, 5.41) is 3.05. The van der Waals surface area contributed by atoms with Crippen molar-refractivity contribution in [3.8, 4) is 0 Å². The lowest BCUT2D eigenvalue weighted by molar-refractivity contribution is 0.0997. The van der Waals surface area contributed by atoms with Crippen LogP contribution >= 0.6 is 11.3 Å². The standard InChI is InChI=1S/C24H30N4O6S2/c1-3-34-24(31)27-13-11-18-19(14-27)35-23(20(18)21(25)29)26-22(30)16-7-9-17(10-8-16)36(32,33)28-12-5-4-6-15(28)2/h7-10,15H,3-6,11-14H2,1-2H3,(H2,25,29)(H,26,30). The van der Waals surface area contributed by atoms with Crippen molar-refractivity contribution in [3.63, 3.8) is 0 Å². The Labute approximate surface area is 214 Å². The predicted molar refractivity (Wildman–Crippen MR) is 136 cm³/mol.